The smallest absolute Gasteiger partial charge is 0.261 e. The minimum Gasteiger partial charge on any atom is -0.353 e. The van der Waals surface area contributed by atoms with Gasteiger partial charge in [-0.3, -0.25) is 15.0 Å². The van der Waals surface area contributed by atoms with Crippen molar-refractivity contribution in [1.29, 1.82) is 0 Å². The Labute approximate surface area is 225 Å². The molecule has 1 aliphatic rings. The van der Waals surface area contributed by atoms with Crippen molar-refractivity contribution in [2.24, 2.45) is 0 Å². The lowest BCUT2D eigenvalue weighted by Gasteiger charge is -2.16. The number of aromatic amines is 2. The highest BCUT2D eigenvalue weighted by Gasteiger charge is 2.37. The Kier molecular flexibility index (Phi) is 6.45. The zero-order valence-corrected chi connectivity index (χ0v) is 21.7. The normalized spacial score (nSPS) is 16.4. The molecule has 0 unspecified atom stereocenters. The van der Waals surface area contributed by atoms with Crippen LogP contribution in [0, 0.1) is 0 Å². The van der Waals surface area contributed by atoms with Gasteiger partial charge in [0.25, 0.3) is 5.92 Å². The molecule has 6 rings (SSSR count). The highest BCUT2D eigenvalue weighted by molar-refractivity contribution is 6.01. The summed E-state index contributed by atoms with van der Waals surface area (Å²) >= 11 is 0. The lowest BCUT2D eigenvalue weighted by molar-refractivity contribution is 0.0131. The Morgan fingerprint density at radius 1 is 1.08 bits per heavy atom. The van der Waals surface area contributed by atoms with Gasteiger partial charge in [-0.25, -0.2) is 8.78 Å². The summed E-state index contributed by atoms with van der Waals surface area (Å²) in [7, 11) is 0. The first-order valence-electron chi connectivity index (χ1n) is 13.0. The summed E-state index contributed by atoms with van der Waals surface area (Å²) < 4.78 is 27.4. The van der Waals surface area contributed by atoms with Crippen molar-refractivity contribution in [2.45, 2.75) is 19.3 Å². The molecule has 3 aromatic heterocycles. The van der Waals surface area contributed by atoms with Gasteiger partial charge in [0.15, 0.2) is 0 Å². The molecule has 0 atom stereocenters. The molecule has 5 nitrogen and oxygen atoms in total. The number of allylic oxidation sites excluding steroid dienone is 3. The third-order valence-electron chi connectivity index (χ3n) is 7.38. The number of alkyl halides is 2. The average Bonchev–Trinajstić information content (AvgIpc) is 3.66. The van der Waals surface area contributed by atoms with E-state index in [1.54, 1.807) is 23.4 Å². The number of H-pyrrole nitrogens is 2. The molecule has 4 heterocycles. The Morgan fingerprint density at radius 2 is 1.92 bits per heavy atom. The van der Waals surface area contributed by atoms with Crippen molar-refractivity contribution in [3.05, 3.63) is 103 Å². The van der Waals surface area contributed by atoms with E-state index >= 15 is 0 Å². The Bertz CT molecular complexity index is 1730. The molecule has 1 aliphatic heterocycles. The molecule has 0 saturated carbocycles. The first kappa shape index (κ1) is 24.9. The molecule has 0 spiro atoms. The van der Waals surface area contributed by atoms with Crippen molar-refractivity contribution in [3.63, 3.8) is 0 Å². The molecule has 0 aliphatic carbocycles. The number of hydrogen-bond acceptors (Lipinski definition) is 3. The van der Waals surface area contributed by atoms with Crippen LogP contribution in [0.15, 0.2) is 97.4 Å². The summed E-state index contributed by atoms with van der Waals surface area (Å²) in [6.07, 6.45) is 9.34. The number of likely N-dealkylation sites (tertiary alicyclic amines) is 1. The van der Waals surface area contributed by atoms with Gasteiger partial charge in [0, 0.05) is 48.2 Å². The standard InChI is InChI=1S/C32H29F2N5/c1-3-21(19-39-15-12-32(33,34)20-39)16-22(4-2)24-8-9-29-27(17-24)31(38-37-29)30-18-26-25(6-5-7-28(26)36-30)23-10-13-35-14-11-23/h3-11,13-14,16-18,36H,1,12,15,19-20H2,2H3,(H,37,38)/b21-16+,22-4+. The monoisotopic (exact) mass is 521 g/mol. The number of benzene rings is 2. The van der Waals surface area contributed by atoms with E-state index in [4.69, 9.17) is 0 Å². The quantitative estimate of drug-likeness (QED) is 0.217. The van der Waals surface area contributed by atoms with Gasteiger partial charge in [-0.05, 0) is 71.2 Å². The highest BCUT2D eigenvalue weighted by atomic mass is 19.3. The predicted octanol–water partition coefficient (Wildman–Crippen LogP) is 7.63. The van der Waals surface area contributed by atoms with E-state index in [1.165, 1.54) is 0 Å². The van der Waals surface area contributed by atoms with Gasteiger partial charge in [0.05, 0.1) is 17.8 Å². The van der Waals surface area contributed by atoms with E-state index in [9.17, 15) is 8.78 Å². The summed E-state index contributed by atoms with van der Waals surface area (Å²) in [6, 6.07) is 18.6. The van der Waals surface area contributed by atoms with Crippen molar-refractivity contribution < 1.29 is 8.78 Å². The molecule has 2 aromatic carbocycles. The summed E-state index contributed by atoms with van der Waals surface area (Å²) in [5.74, 6) is -2.61. The second-order valence-corrected chi connectivity index (χ2v) is 10.0. The van der Waals surface area contributed by atoms with Gasteiger partial charge in [-0.15, -0.1) is 0 Å². The van der Waals surface area contributed by atoms with E-state index in [1.807, 2.05) is 49.4 Å². The van der Waals surface area contributed by atoms with Crippen LogP contribution in [-0.2, 0) is 0 Å². The van der Waals surface area contributed by atoms with Gasteiger partial charge in [0.2, 0.25) is 0 Å². The summed E-state index contributed by atoms with van der Waals surface area (Å²) in [5, 5.41) is 9.93. The van der Waals surface area contributed by atoms with Gasteiger partial charge in [0.1, 0.15) is 5.69 Å². The number of hydrogen-bond donors (Lipinski definition) is 2. The Balaban J connectivity index is 1.35. The van der Waals surface area contributed by atoms with Crippen molar-refractivity contribution in [1.82, 2.24) is 25.1 Å². The largest absolute Gasteiger partial charge is 0.353 e. The average molecular weight is 522 g/mol. The number of nitrogens with zero attached hydrogens (tertiary/aromatic N) is 3. The van der Waals surface area contributed by atoms with Gasteiger partial charge >= 0.3 is 0 Å². The number of aromatic nitrogens is 4. The lowest BCUT2D eigenvalue weighted by Crippen LogP contribution is -2.26. The molecule has 2 N–H and O–H groups in total. The van der Waals surface area contributed by atoms with E-state index in [-0.39, 0.29) is 13.0 Å². The maximum Gasteiger partial charge on any atom is 0.261 e. The molecular weight excluding hydrogens is 492 g/mol. The lowest BCUT2D eigenvalue weighted by atomic mass is 9.99. The summed E-state index contributed by atoms with van der Waals surface area (Å²) in [5.41, 5.74) is 8.90. The first-order valence-corrected chi connectivity index (χ1v) is 13.0. The fourth-order valence-corrected chi connectivity index (χ4v) is 5.37. The SMILES string of the molecule is C=C/C(=C\C(=C/C)c1ccc2[nH]nc(-c3cc4c(-c5ccncc5)cccc4[nH]3)c2c1)CN1CCC(F)(F)C1. The third kappa shape index (κ3) is 4.93. The maximum atomic E-state index is 13.7. The van der Waals surface area contributed by atoms with E-state index in [0.717, 1.165) is 61.0 Å². The predicted molar refractivity (Wildman–Crippen MR) is 155 cm³/mol. The molecule has 0 amide bonds. The van der Waals surface area contributed by atoms with Gasteiger partial charge in [-0.1, -0.05) is 43.0 Å². The number of fused-ring (bicyclic) bond motifs is 2. The van der Waals surface area contributed by atoms with Crippen LogP contribution in [0.1, 0.15) is 18.9 Å². The minimum atomic E-state index is -2.61. The van der Waals surface area contributed by atoms with E-state index in [2.05, 4.69) is 51.0 Å². The van der Waals surface area contributed by atoms with Crippen LogP contribution in [0.3, 0.4) is 0 Å². The maximum absolute atomic E-state index is 13.7. The second-order valence-electron chi connectivity index (χ2n) is 10.0. The van der Waals surface area contributed by atoms with E-state index in [0.29, 0.717) is 13.1 Å². The molecule has 1 fully saturated rings. The van der Waals surface area contributed by atoms with Crippen molar-refractivity contribution >= 4 is 27.4 Å². The molecule has 0 bridgehead atoms. The van der Waals surface area contributed by atoms with Crippen LogP contribution < -0.4 is 0 Å². The van der Waals surface area contributed by atoms with Crippen LogP contribution in [0.5, 0.6) is 0 Å². The van der Waals surface area contributed by atoms with Crippen LogP contribution in [0.25, 0.3) is 49.9 Å². The van der Waals surface area contributed by atoms with Crippen molar-refractivity contribution in [2.75, 3.05) is 19.6 Å². The van der Waals surface area contributed by atoms with Crippen LogP contribution in [0.4, 0.5) is 8.78 Å². The van der Waals surface area contributed by atoms with E-state index < -0.39 is 5.92 Å². The molecule has 7 heteroatoms. The summed E-state index contributed by atoms with van der Waals surface area (Å²) in [6.45, 7) is 6.55. The molecule has 1 saturated heterocycles. The Morgan fingerprint density at radius 3 is 2.67 bits per heavy atom. The molecular formula is C32H29F2N5. The van der Waals surface area contributed by atoms with Crippen molar-refractivity contribution in [3.8, 4) is 22.5 Å². The second kappa shape index (κ2) is 10.1. The van der Waals surface area contributed by atoms with Gasteiger partial charge in [-0.2, -0.15) is 5.10 Å². The number of halogens is 2. The van der Waals surface area contributed by atoms with Crippen LogP contribution in [-0.4, -0.2) is 50.6 Å². The van der Waals surface area contributed by atoms with Gasteiger partial charge < -0.3 is 4.98 Å². The summed E-state index contributed by atoms with van der Waals surface area (Å²) in [4.78, 5) is 9.48. The number of rotatable bonds is 7. The van der Waals surface area contributed by atoms with Crippen LogP contribution >= 0.6 is 0 Å². The minimum absolute atomic E-state index is 0.0916. The topological polar surface area (TPSA) is 60.6 Å². The molecule has 39 heavy (non-hydrogen) atoms. The molecule has 5 aromatic rings. The fraction of sp³-hybridized carbons (Fsp3) is 0.188. The first-order chi connectivity index (χ1) is 18.9. The fourth-order valence-electron chi connectivity index (χ4n) is 5.37. The molecule has 0 radical (unpaired) electrons. The van der Waals surface area contributed by atoms with Crippen LogP contribution in [0.2, 0.25) is 0 Å². The number of pyridine rings is 1. The highest BCUT2D eigenvalue weighted by Crippen LogP contribution is 2.35. The molecule has 196 valence electrons. The zero-order valence-electron chi connectivity index (χ0n) is 21.7. The Hall–Kier alpha value is -4.36. The third-order valence-corrected chi connectivity index (χ3v) is 7.38. The zero-order chi connectivity index (χ0) is 27.0. The number of nitrogens with one attached hydrogen (secondary N) is 2.